The number of anilines is 1. The zero-order valence-electron chi connectivity index (χ0n) is 9.53. The average molecular weight is 308 g/mol. The van der Waals surface area contributed by atoms with Crippen LogP contribution in [0.25, 0.3) is 0 Å². The molecule has 0 bridgehead atoms. The summed E-state index contributed by atoms with van der Waals surface area (Å²) in [6, 6.07) is 4.77. The summed E-state index contributed by atoms with van der Waals surface area (Å²) in [4.78, 5) is 30.4. The fourth-order valence-electron chi connectivity index (χ4n) is 1.42. The summed E-state index contributed by atoms with van der Waals surface area (Å²) in [7, 11) is 0. The maximum atomic E-state index is 11.9. The van der Waals surface area contributed by atoms with E-state index < -0.39 is 5.91 Å². The van der Waals surface area contributed by atoms with Crippen LogP contribution < -0.4 is 10.7 Å². The lowest BCUT2D eigenvalue weighted by molar-refractivity contribution is 0.102. The number of rotatable bonds is 2. The van der Waals surface area contributed by atoms with E-state index in [-0.39, 0.29) is 11.0 Å². The predicted molar refractivity (Wildman–Crippen MR) is 71.7 cm³/mol. The molecule has 2 rings (SSSR count). The second-order valence-corrected chi connectivity index (χ2v) is 4.44. The Hall–Kier alpha value is -1.95. The van der Waals surface area contributed by atoms with Crippen LogP contribution in [0, 0.1) is 6.92 Å². The Balaban J connectivity index is 2.28. The number of hydrogen-bond acceptors (Lipinski definition) is 3. The Morgan fingerprint density at radius 2 is 2.28 bits per heavy atom. The first-order valence-electron chi connectivity index (χ1n) is 5.19. The van der Waals surface area contributed by atoms with Gasteiger partial charge in [0, 0.05) is 24.2 Å². The van der Waals surface area contributed by atoms with E-state index in [1.54, 1.807) is 25.3 Å². The summed E-state index contributed by atoms with van der Waals surface area (Å²) in [5.74, 6) is -0.468. The van der Waals surface area contributed by atoms with E-state index in [9.17, 15) is 9.59 Å². The largest absolute Gasteiger partial charge is 0.364 e. The zero-order chi connectivity index (χ0) is 13.1. The molecule has 0 radical (unpaired) electrons. The summed E-state index contributed by atoms with van der Waals surface area (Å²) >= 11 is 3.22. The number of H-pyrrole nitrogens is 1. The SMILES string of the molecule is Cc1cc(=O)c(C(=O)Nc2cccnc2Br)c[nH]1. The Bertz CT molecular complexity index is 652. The maximum Gasteiger partial charge on any atom is 0.261 e. The molecule has 1 amide bonds. The van der Waals surface area contributed by atoms with Gasteiger partial charge in [-0.05, 0) is 35.0 Å². The molecule has 2 heterocycles. The van der Waals surface area contributed by atoms with Crippen molar-refractivity contribution in [1.29, 1.82) is 0 Å². The molecule has 92 valence electrons. The van der Waals surface area contributed by atoms with Crippen LogP contribution in [0.2, 0.25) is 0 Å². The van der Waals surface area contributed by atoms with Crippen LogP contribution in [0.1, 0.15) is 16.1 Å². The summed E-state index contributed by atoms with van der Waals surface area (Å²) in [6.07, 6.45) is 3.00. The van der Waals surface area contributed by atoms with Crippen molar-refractivity contribution < 1.29 is 4.79 Å². The van der Waals surface area contributed by atoms with Crippen molar-refractivity contribution in [3.8, 4) is 0 Å². The molecule has 5 nitrogen and oxygen atoms in total. The van der Waals surface area contributed by atoms with Crippen molar-refractivity contribution in [1.82, 2.24) is 9.97 Å². The van der Waals surface area contributed by atoms with Gasteiger partial charge >= 0.3 is 0 Å². The van der Waals surface area contributed by atoms with E-state index in [0.29, 0.717) is 16.0 Å². The summed E-state index contributed by atoms with van der Waals surface area (Å²) < 4.78 is 0.516. The third kappa shape index (κ3) is 2.65. The molecule has 2 N–H and O–H groups in total. The van der Waals surface area contributed by atoms with Gasteiger partial charge in [0.2, 0.25) is 0 Å². The lowest BCUT2D eigenvalue weighted by Gasteiger charge is -2.06. The third-order valence-corrected chi connectivity index (χ3v) is 2.94. The number of hydrogen-bond donors (Lipinski definition) is 2. The molecule has 0 aromatic carbocycles. The van der Waals surface area contributed by atoms with Crippen LogP contribution in [0.4, 0.5) is 5.69 Å². The minimum atomic E-state index is -0.468. The minimum absolute atomic E-state index is 0.0661. The molecule has 18 heavy (non-hydrogen) atoms. The predicted octanol–water partition coefficient (Wildman–Crippen LogP) is 2.09. The van der Waals surface area contributed by atoms with Crippen LogP contribution in [-0.2, 0) is 0 Å². The topological polar surface area (TPSA) is 74.8 Å². The Labute approximate surface area is 111 Å². The highest BCUT2D eigenvalue weighted by Gasteiger charge is 2.12. The normalized spacial score (nSPS) is 10.1. The lowest BCUT2D eigenvalue weighted by Crippen LogP contribution is -2.21. The van der Waals surface area contributed by atoms with Gasteiger partial charge in [0.1, 0.15) is 10.2 Å². The van der Waals surface area contributed by atoms with Gasteiger partial charge in [-0.2, -0.15) is 0 Å². The minimum Gasteiger partial charge on any atom is -0.364 e. The fourth-order valence-corrected chi connectivity index (χ4v) is 1.77. The highest BCUT2D eigenvalue weighted by molar-refractivity contribution is 9.10. The van der Waals surface area contributed by atoms with E-state index in [0.717, 1.165) is 0 Å². The second kappa shape index (κ2) is 5.14. The van der Waals surface area contributed by atoms with Gasteiger partial charge < -0.3 is 10.3 Å². The summed E-state index contributed by atoms with van der Waals surface area (Å²) in [5.41, 5.74) is 0.974. The van der Waals surface area contributed by atoms with Crippen LogP contribution in [0.15, 0.2) is 40.0 Å². The first-order chi connectivity index (χ1) is 8.58. The lowest BCUT2D eigenvalue weighted by atomic mass is 10.2. The molecular formula is C12H10BrN3O2. The van der Waals surface area contributed by atoms with E-state index in [1.165, 1.54) is 12.3 Å². The Kier molecular flexibility index (Phi) is 3.57. The van der Waals surface area contributed by atoms with Crippen molar-refractivity contribution in [3.05, 3.63) is 56.7 Å². The van der Waals surface area contributed by atoms with Crippen LogP contribution >= 0.6 is 15.9 Å². The molecule has 0 aliphatic heterocycles. The molecule has 6 heteroatoms. The van der Waals surface area contributed by atoms with E-state index in [4.69, 9.17) is 0 Å². The van der Waals surface area contributed by atoms with E-state index in [1.807, 2.05) is 0 Å². The first-order valence-corrected chi connectivity index (χ1v) is 5.98. The van der Waals surface area contributed by atoms with Crippen molar-refractivity contribution >= 4 is 27.5 Å². The van der Waals surface area contributed by atoms with Gasteiger partial charge in [-0.1, -0.05) is 0 Å². The molecule has 0 saturated heterocycles. The van der Waals surface area contributed by atoms with Gasteiger partial charge in [0.05, 0.1) is 5.69 Å². The van der Waals surface area contributed by atoms with E-state index >= 15 is 0 Å². The maximum absolute atomic E-state index is 11.9. The molecule has 0 unspecified atom stereocenters. The Morgan fingerprint density at radius 1 is 1.50 bits per heavy atom. The van der Waals surface area contributed by atoms with Crippen molar-refractivity contribution in [2.24, 2.45) is 0 Å². The third-order valence-electron chi connectivity index (χ3n) is 2.31. The molecule has 0 atom stereocenters. The fraction of sp³-hybridized carbons (Fsp3) is 0.0833. The molecule has 0 saturated carbocycles. The van der Waals surface area contributed by atoms with Gasteiger partial charge in [-0.25, -0.2) is 4.98 Å². The highest BCUT2D eigenvalue weighted by Crippen LogP contribution is 2.18. The van der Waals surface area contributed by atoms with Gasteiger partial charge in [-0.3, -0.25) is 9.59 Å². The number of nitrogens with one attached hydrogen (secondary N) is 2. The van der Waals surface area contributed by atoms with Gasteiger partial charge in [0.25, 0.3) is 5.91 Å². The van der Waals surface area contributed by atoms with E-state index in [2.05, 4.69) is 31.2 Å². The number of aromatic nitrogens is 2. The Morgan fingerprint density at radius 3 is 2.94 bits per heavy atom. The van der Waals surface area contributed by atoms with Gasteiger partial charge in [-0.15, -0.1) is 0 Å². The van der Waals surface area contributed by atoms with Crippen molar-refractivity contribution in [3.63, 3.8) is 0 Å². The van der Waals surface area contributed by atoms with Crippen molar-refractivity contribution in [2.45, 2.75) is 6.92 Å². The number of carbonyl (C=O) groups excluding carboxylic acids is 1. The second-order valence-electron chi connectivity index (χ2n) is 3.69. The van der Waals surface area contributed by atoms with Crippen molar-refractivity contribution in [2.75, 3.05) is 5.32 Å². The molecular weight excluding hydrogens is 298 g/mol. The first kappa shape index (κ1) is 12.5. The molecule has 2 aromatic rings. The number of nitrogens with zero attached hydrogens (tertiary/aromatic N) is 1. The average Bonchev–Trinajstić information content (AvgIpc) is 2.32. The zero-order valence-corrected chi connectivity index (χ0v) is 11.1. The number of aromatic amines is 1. The quantitative estimate of drug-likeness (QED) is 0.834. The van der Waals surface area contributed by atoms with Crippen LogP contribution in [-0.4, -0.2) is 15.9 Å². The molecule has 0 spiro atoms. The number of aryl methyl sites for hydroxylation is 1. The van der Waals surface area contributed by atoms with Crippen LogP contribution in [0.5, 0.6) is 0 Å². The molecule has 0 fully saturated rings. The smallest absolute Gasteiger partial charge is 0.261 e. The molecule has 0 aliphatic carbocycles. The van der Waals surface area contributed by atoms with Gasteiger partial charge in [0.15, 0.2) is 5.43 Å². The monoisotopic (exact) mass is 307 g/mol. The molecule has 2 aromatic heterocycles. The highest BCUT2D eigenvalue weighted by atomic mass is 79.9. The number of halogens is 1. The molecule has 0 aliphatic rings. The standard InChI is InChI=1S/C12H10BrN3O2/c1-7-5-10(17)8(6-15-7)12(18)16-9-3-2-4-14-11(9)13/h2-6H,1H3,(H,15,17)(H,16,18). The summed E-state index contributed by atoms with van der Waals surface area (Å²) in [5, 5.41) is 2.62. The number of amides is 1. The van der Waals surface area contributed by atoms with Crippen LogP contribution in [0.3, 0.4) is 0 Å². The number of carbonyl (C=O) groups is 1. The summed E-state index contributed by atoms with van der Waals surface area (Å²) in [6.45, 7) is 1.75. The number of pyridine rings is 2.